The molecule has 7 heteroatoms. The van der Waals surface area contributed by atoms with Crippen LogP contribution in [0, 0.1) is 13.8 Å². The highest BCUT2D eigenvalue weighted by Crippen LogP contribution is 2.32. The molecule has 1 aromatic heterocycles. The summed E-state index contributed by atoms with van der Waals surface area (Å²) in [4.78, 5) is 29.1. The average Bonchev–Trinajstić information content (AvgIpc) is 3.14. The first-order valence-electron chi connectivity index (χ1n) is 10.9. The van der Waals surface area contributed by atoms with Crippen LogP contribution in [0.4, 0.5) is 5.69 Å². The van der Waals surface area contributed by atoms with Crippen LogP contribution in [0.25, 0.3) is 11.1 Å². The largest absolute Gasteiger partial charge is 0.367 e. The molecule has 0 radical (unpaired) electrons. The number of piperazine rings is 1. The first-order valence-corrected chi connectivity index (χ1v) is 10.9. The molecule has 2 aromatic carbocycles. The maximum atomic E-state index is 12.8. The van der Waals surface area contributed by atoms with Gasteiger partial charge in [-0.25, -0.2) is 0 Å². The number of carbonyl (C=O) groups is 2. The van der Waals surface area contributed by atoms with E-state index in [1.807, 2.05) is 61.2 Å². The third kappa shape index (κ3) is 4.51. The second kappa shape index (κ2) is 9.26. The molecule has 2 amide bonds. The van der Waals surface area contributed by atoms with E-state index in [-0.39, 0.29) is 18.4 Å². The number of amides is 2. The number of rotatable bonds is 5. The fourth-order valence-corrected chi connectivity index (χ4v) is 4.23. The average molecular weight is 432 g/mol. The number of aryl methyl sites for hydroxylation is 2. The third-order valence-electron chi connectivity index (χ3n) is 5.93. The minimum absolute atomic E-state index is 0.0981. The van der Waals surface area contributed by atoms with Crippen molar-refractivity contribution in [2.75, 3.05) is 38.1 Å². The molecule has 166 valence electrons. The standard InChI is InChI=1S/C25H29N5O2/c1-18-15-19(2)30(27-18)17-24(31)29-13-11-28(12-14-29)23-10-5-4-9-22(23)20-7-6-8-21(16-20)25(32)26-3/h4-10,15-16H,11-14,17H2,1-3H3,(H,26,32). The molecule has 7 nitrogen and oxygen atoms in total. The number of benzene rings is 2. The van der Waals surface area contributed by atoms with Gasteiger partial charge in [-0.1, -0.05) is 30.3 Å². The highest BCUT2D eigenvalue weighted by Gasteiger charge is 2.23. The number of para-hydroxylation sites is 1. The Morgan fingerprint density at radius 1 is 0.969 bits per heavy atom. The molecule has 3 aromatic rings. The van der Waals surface area contributed by atoms with Gasteiger partial charge in [-0.2, -0.15) is 5.10 Å². The van der Waals surface area contributed by atoms with Crippen molar-refractivity contribution in [2.45, 2.75) is 20.4 Å². The molecule has 0 spiro atoms. The number of nitrogens with zero attached hydrogens (tertiary/aromatic N) is 4. The minimum Gasteiger partial charge on any atom is -0.367 e. The van der Waals surface area contributed by atoms with Gasteiger partial charge in [-0.3, -0.25) is 14.3 Å². The Morgan fingerprint density at radius 2 is 1.72 bits per heavy atom. The van der Waals surface area contributed by atoms with Gasteiger partial charge in [-0.15, -0.1) is 0 Å². The second-order valence-corrected chi connectivity index (χ2v) is 8.13. The molecule has 0 unspecified atom stereocenters. The van der Waals surface area contributed by atoms with E-state index in [0.29, 0.717) is 18.7 Å². The number of aromatic nitrogens is 2. The SMILES string of the molecule is CNC(=O)c1cccc(-c2ccccc2N2CCN(C(=O)Cn3nc(C)cc3C)CC2)c1. The van der Waals surface area contributed by atoms with Crippen molar-refractivity contribution < 1.29 is 9.59 Å². The summed E-state index contributed by atoms with van der Waals surface area (Å²) in [5.74, 6) is 0.00137. The summed E-state index contributed by atoms with van der Waals surface area (Å²) in [6.07, 6.45) is 0. The number of anilines is 1. The van der Waals surface area contributed by atoms with Crippen molar-refractivity contribution in [3.8, 4) is 11.1 Å². The lowest BCUT2D eigenvalue weighted by atomic mass is 10.00. The zero-order valence-corrected chi connectivity index (χ0v) is 18.8. The Kier molecular flexibility index (Phi) is 6.25. The zero-order chi connectivity index (χ0) is 22.7. The lowest BCUT2D eigenvalue weighted by Gasteiger charge is -2.37. The van der Waals surface area contributed by atoms with Gasteiger partial charge in [0.05, 0.1) is 5.69 Å². The van der Waals surface area contributed by atoms with Gasteiger partial charge < -0.3 is 15.1 Å². The second-order valence-electron chi connectivity index (χ2n) is 8.13. The summed E-state index contributed by atoms with van der Waals surface area (Å²) in [7, 11) is 1.64. The van der Waals surface area contributed by atoms with Gasteiger partial charge in [-0.05, 0) is 43.7 Å². The van der Waals surface area contributed by atoms with Crippen LogP contribution in [0.2, 0.25) is 0 Å². The summed E-state index contributed by atoms with van der Waals surface area (Å²) in [5.41, 5.74) is 5.77. The van der Waals surface area contributed by atoms with Crippen LogP contribution in [0.1, 0.15) is 21.7 Å². The quantitative estimate of drug-likeness (QED) is 0.674. The van der Waals surface area contributed by atoms with Crippen molar-refractivity contribution in [3.63, 3.8) is 0 Å². The van der Waals surface area contributed by atoms with Crippen molar-refractivity contribution >= 4 is 17.5 Å². The summed E-state index contributed by atoms with van der Waals surface area (Å²) in [5, 5.41) is 7.09. The molecule has 1 aliphatic rings. The summed E-state index contributed by atoms with van der Waals surface area (Å²) >= 11 is 0. The molecule has 0 atom stereocenters. The van der Waals surface area contributed by atoms with E-state index >= 15 is 0 Å². The van der Waals surface area contributed by atoms with Crippen molar-refractivity contribution in [1.29, 1.82) is 0 Å². The summed E-state index contributed by atoms with van der Waals surface area (Å²) in [6, 6.07) is 17.9. The van der Waals surface area contributed by atoms with Gasteiger partial charge in [0.25, 0.3) is 5.91 Å². The smallest absolute Gasteiger partial charge is 0.251 e. The third-order valence-corrected chi connectivity index (χ3v) is 5.93. The fourth-order valence-electron chi connectivity index (χ4n) is 4.23. The van der Waals surface area contributed by atoms with Crippen molar-refractivity contribution in [2.24, 2.45) is 0 Å². The van der Waals surface area contributed by atoms with Crippen LogP contribution in [-0.2, 0) is 11.3 Å². The molecule has 0 saturated carbocycles. The lowest BCUT2D eigenvalue weighted by Crippen LogP contribution is -2.49. The van der Waals surface area contributed by atoms with Crippen LogP contribution >= 0.6 is 0 Å². The van der Waals surface area contributed by atoms with Gasteiger partial charge in [0.2, 0.25) is 5.91 Å². The minimum atomic E-state index is -0.0981. The summed E-state index contributed by atoms with van der Waals surface area (Å²) in [6.45, 7) is 7.05. The van der Waals surface area contributed by atoms with E-state index in [0.717, 1.165) is 41.3 Å². The maximum absolute atomic E-state index is 12.8. The van der Waals surface area contributed by atoms with E-state index in [1.54, 1.807) is 11.7 Å². The first kappa shape index (κ1) is 21.6. The first-order chi connectivity index (χ1) is 15.5. The molecular weight excluding hydrogens is 402 g/mol. The van der Waals surface area contributed by atoms with Crippen LogP contribution in [0.15, 0.2) is 54.6 Å². The summed E-state index contributed by atoms with van der Waals surface area (Å²) < 4.78 is 1.78. The molecule has 2 heterocycles. The highest BCUT2D eigenvalue weighted by molar-refractivity contribution is 5.95. The normalized spacial score (nSPS) is 13.8. The Balaban J connectivity index is 1.47. The molecular formula is C25H29N5O2. The van der Waals surface area contributed by atoms with Crippen LogP contribution in [0.3, 0.4) is 0 Å². The van der Waals surface area contributed by atoms with Crippen LogP contribution < -0.4 is 10.2 Å². The zero-order valence-electron chi connectivity index (χ0n) is 18.8. The van der Waals surface area contributed by atoms with E-state index in [4.69, 9.17) is 0 Å². The van der Waals surface area contributed by atoms with Gasteiger partial charge in [0, 0.05) is 55.7 Å². The molecule has 1 fully saturated rings. The Morgan fingerprint density at radius 3 is 2.41 bits per heavy atom. The van der Waals surface area contributed by atoms with Gasteiger partial charge in [0.1, 0.15) is 6.54 Å². The molecule has 1 saturated heterocycles. The number of nitrogens with one attached hydrogen (secondary N) is 1. The molecule has 32 heavy (non-hydrogen) atoms. The van der Waals surface area contributed by atoms with Crippen molar-refractivity contribution in [1.82, 2.24) is 20.0 Å². The number of hydrogen-bond donors (Lipinski definition) is 1. The number of carbonyl (C=O) groups excluding carboxylic acids is 2. The topological polar surface area (TPSA) is 70.5 Å². The maximum Gasteiger partial charge on any atom is 0.251 e. The van der Waals surface area contributed by atoms with E-state index < -0.39 is 0 Å². The number of hydrogen-bond acceptors (Lipinski definition) is 4. The van der Waals surface area contributed by atoms with E-state index in [2.05, 4.69) is 27.4 Å². The lowest BCUT2D eigenvalue weighted by molar-refractivity contribution is -0.132. The Labute approximate surface area is 188 Å². The van der Waals surface area contributed by atoms with Gasteiger partial charge in [0.15, 0.2) is 0 Å². The van der Waals surface area contributed by atoms with E-state index in [1.165, 1.54) is 0 Å². The van der Waals surface area contributed by atoms with E-state index in [9.17, 15) is 9.59 Å². The van der Waals surface area contributed by atoms with Crippen LogP contribution in [0.5, 0.6) is 0 Å². The molecule has 0 bridgehead atoms. The van der Waals surface area contributed by atoms with Gasteiger partial charge >= 0.3 is 0 Å². The molecule has 1 aliphatic heterocycles. The molecule has 4 rings (SSSR count). The Hall–Kier alpha value is -3.61. The molecule has 1 N–H and O–H groups in total. The van der Waals surface area contributed by atoms with Crippen LogP contribution in [-0.4, -0.2) is 59.7 Å². The Bertz CT molecular complexity index is 1130. The predicted molar refractivity (Wildman–Crippen MR) is 126 cm³/mol. The van der Waals surface area contributed by atoms with Crippen molar-refractivity contribution in [3.05, 3.63) is 71.5 Å². The highest BCUT2D eigenvalue weighted by atomic mass is 16.2. The molecule has 0 aliphatic carbocycles. The monoisotopic (exact) mass is 431 g/mol. The fraction of sp³-hybridized carbons (Fsp3) is 0.320. The predicted octanol–water partition coefficient (Wildman–Crippen LogP) is 2.88.